The average molecular weight is 263 g/mol. The van der Waals surface area contributed by atoms with Crippen molar-refractivity contribution in [2.75, 3.05) is 6.61 Å². The van der Waals surface area contributed by atoms with E-state index in [0.29, 0.717) is 0 Å². The van der Waals surface area contributed by atoms with E-state index in [1.54, 1.807) is 0 Å². The lowest BCUT2D eigenvalue weighted by Gasteiger charge is -2.29. The van der Waals surface area contributed by atoms with Crippen LogP contribution >= 0.6 is 0 Å². The third-order valence-electron chi connectivity index (χ3n) is 3.95. The van der Waals surface area contributed by atoms with Crippen molar-refractivity contribution in [2.24, 2.45) is 5.41 Å². The van der Waals surface area contributed by atoms with Crippen LogP contribution in [0.4, 0.5) is 4.79 Å². The van der Waals surface area contributed by atoms with Gasteiger partial charge in [0.15, 0.2) is 0 Å². The van der Waals surface area contributed by atoms with E-state index >= 15 is 0 Å². The van der Waals surface area contributed by atoms with Crippen LogP contribution in [0.5, 0.6) is 0 Å². The zero-order chi connectivity index (χ0) is 13.7. The van der Waals surface area contributed by atoms with Gasteiger partial charge in [0, 0.05) is 11.5 Å². The topological polar surface area (TPSA) is 58.6 Å². The number of amides is 1. The quantitative estimate of drug-likeness (QED) is 0.877. The Morgan fingerprint density at radius 3 is 2.89 bits per heavy atom. The number of aliphatic hydroxyl groups is 1. The van der Waals surface area contributed by atoms with Crippen LogP contribution in [-0.2, 0) is 11.3 Å². The zero-order valence-corrected chi connectivity index (χ0v) is 11.3. The Kier molecular flexibility index (Phi) is 4.43. The van der Waals surface area contributed by atoms with Gasteiger partial charge in [0.25, 0.3) is 0 Å². The average Bonchev–Trinajstić information content (AvgIpc) is 2.80. The van der Waals surface area contributed by atoms with Crippen molar-refractivity contribution in [3.63, 3.8) is 0 Å². The molecule has 1 aromatic carbocycles. The van der Waals surface area contributed by atoms with Crippen LogP contribution in [0.3, 0.4) is 0 Å². The van der Waals surface area contributed by atoms with Gasteiger partial charge in [0.05, 0.1) is 6.61 Å². The van der Waals surface area contributed by atoms with E-state index in [1.807, 2.05) is 37.3 Å². The first-order valence-corrected chi connectivity index (χ1v) is 6.72. The van der Waals surface area contributed by atoms with Crippen LogP contribution in [0.15, 0.2) is 30.3 Å². The van der Waals surface area contributed by atoms with E-state index in [-0.39, 0.29) is 24.7 Å². The Hall–Kier alpha value is -1.55. The number of carbonyl (C=O) groups excluding carboxylic acids is 1. The zero-order valence-electron chi connectivity index (χ0n) is 11.3. The summed E-state index contributed by atoms with van der Waals surface area (Å²) in [6.07, 6.45) is 2.46. The van der Waals surface area contributed by atoms with Crippen molar-refractivity contribution in [3.8, 4) is 0 Å². The Morgan fingerprint density at radius 1 is 1.47 bits per heavy atom. The molecule has 0 heterocycles. The molecular formula is C15H21NO3. The van der Waals surface area contributed by atoms with Crippen LogP contribution in [0.1, 0.15) is 31.7 Å². The van der Waals surface area contributed by atoms with Gasteiger partial charge < -0.3 is 15.2 Å². The molecule has 2 rings (SSSR count). The van der Waals surface area contributed by atoms with E-state index in [0.717, 1.165) is 24.8 Å². The summed E-state index contributed by atoms with van der Waals surface area (Å²) in [6, 6.07) is 9.59. The SMILES string of the molecule is C[C@@]1(CO)CCC[C@H]1NC(=O)OCc1ccccc1. The number of rotatable bonds is 4. The van der Waals surface area contributed by atoms with Crippen molar-refractivity contribution in [2.45, 2.75) is 38.8 Å². The van der Waals surface area contributed by atoms with E-state index in [9.17, 15) is 9.90 Å². The highest BCUT2D eigenvalue weighted by Crippen LogP contribution is 2.37. The minimum atomic E-state index is -0.407. The summed E-state index contributed by atoms with van der Waals surface area (Å²) in [5.74, 6) is 0. The Balaban J connectivity index is 1.81. The first kappa shape index (κ1) is 13.9. The van der Waals surface area contributed by atoms with E-state index in [2.05, 4.69) is 5.32 Å². The molecule has 2 N–H and O–H groups in total. The number of benzene rings is 1. The van der Waals surface area contributed by atoms with Gasteiger partial charge in [-0.2, -0.15) is 0 Å². The van der Waals surface area contributed by atoms with Crippen LogP contribution in [-0.4, -0.2) is 23.8 Å². The fraction of sp³-hybridized carbons (Fsp3) is 0.533. The number of alkyl carbamates (subject to hydrolysis) is 1. The van der Waals surface area contributed by atoms with Crippen LogP contribution in [0, 0.1) is 5.41 Å². The fourth-order valence-electron chi connectivity index (χ4n) is 2.58. The summed E-state index contributed by atoms with van der Waals surface area (Å²) in [4.78, 5) is 11.8. The lowest BCUT2D eigenvalue weighted by atomic mass is 9.86. The molecule has 0 aliphatic heterocycles. The highest BCUT2D eigenvalue weighted by atomic mass is 16.5. The fourth-order valence-corrected chi connectivity index (χ4v) is 2.58. The van der Waals surface area contributed by atoms with Crippen molar-refractivity contribution >= 4 is 6.09 Å². The van der Waals surface area contributed by atoms with Gasteiger partial charge in [-0.05, 0) is 18.4 Å². The van der Waals surface area contributed by atoms with Gasteiger partial charge in [0.2, 0.25) is 0 Å². The lowest BCUT2D eigenvalue weighted by molar-refractivity contribution is 0.0992. The second kappa shape index (κ2) is 6.06. The molecule has 1 saturated carbocycles. The standard InChI is InChI=1S/C15H21NO3/c1-15(11-17)9-5-8-13(15)16-14(18)19-10-12-6-3-2-4-7-12/h2-4,6-7,13,17H,5,8-11H2,1H3,(H,16,18)/t13-,15+/m1/s1. The normalized spacial score (nSPS) is 26.1. The molecule has 1 amide bonds. The number of hydrogen-bond acceptors (Lipinski definition) is 3. The maximum absolute atomic E-state index is 11.8. The molecule has 104 valence electrons. The number of hydrogen-bond donors (Lipinski definition) is 2. The highest BCUT2D eigenvalue weighted by molar-refractivity contribution is 5.67. The Morgan fingerprint density at radius 2 is 2.21 bits per heavy atom. The first-order chi connectivity index (χ1) is 9.14. The van der Waals surface area contributed by atoms with Crippen LogP contribution in [0.2, 0.25) is 0 Å². The molecule has 0 unspecified atom stereocenters. The monoisotopic (exact) mass is 263 g/mol. The molecule has 0 bridgehead atoms. The van der Waals surface area contributed by atoms with Crippen molar-refractivity contribution in [1.82, 2.24) is 5.32 Å². The van der Waals surface area contributed by atoms with E-state index in [4.69, 9.17) is 4.74 Å². The minimum absolute atomic E-state index is 0.000716. The number of ether oxygens (including phenoxy) is 1. The number of carbonyl (C=O) groups is 1. The summed E-state index contributed by atoms with van der Waals surface area (Å²) in [5, 5.41) is 12.3. The molecule has 19 heavy (non-hydrogen) atoms. The molecule has 4 heteroatoms. The summed E-state index contributed by atoms with van der Waals surface area (Å²) in [5.41, 5.74) is 0.750. The summed E-state index contributed by atoms with van der Waals surface area (Å²) < 4.78 is 5.20. The summed E-state index contributed by atoms with van der Waals surface area (Å²) in [6.45, 7) is 2.37. The summed E-state index contributed by atoms with van der Waals surface area (Å²) in [7, 11) is 0. The maximum Gasteiger partial charge on any atom is 0.407 e. The van der Waals surface area contributed by atoms with Gasteiger partial charge in [0.1, 0.15) is 6.61 Å². The molecule has 1 aliphatic rings. The molecule has 0 aromatic heterocycles. The lowest BCUT2D eigenvalue weighted by Crippen LogP contribution is -2.44. The predicted octanol–water partition coefficient (Wildman–Crippen LogP) is 2.46. The third-order valence-corrected chi connectivity index (χ3v) is 3.95. The Bertz CT molecular complexity index is 421. The Labute approximate surface area is 113 Å². The molecule has 0 radical (unpaired) electrons. The third kappa shape index (κ3) is 3.47. The highest BCUT2D eigenvalue weighted by Gasteiger charge is 2.39. The molecule has 4 nitrogen and oxygen atoms in total. The first-order valence-electron chi connectivity index (χ1n) is 6.72. The van der Waals surface area contributed by atoms with E-state index in [1.165, 1.54) is 0 Å². The van der Waals surface area contributed by atoms with Crippen molar-refractivity contribution in [1.29, 1.82) is 0 Å². The van der Waals surface area contributed by atoms with Gasteiger partial charge in [-0.3, -0.25) is 0 Å². The van der Waals surface area contributed by atoms with Crippen molar-refractivity contribution < 1.29 is 14.6 Å². The molecule has 1 fully saturated rings. The minimum Gasteiger partial charge on any atom is -0.445 e. The molecular weight excluding hydrogens is 242 g/mol. The largest absolute Gasteiger partial charge is 0.445 e. The molecule has 2 atom stereocenters. The van der Waals surface area contributed by atoms with Gasteiger partial charge in [-0.1, -0.05) is 43.7 Å². The number of aliphatic hydroxyl groups excluding tert-OH is 1. The van der Waals surface area contributed by atoms with Gasteiger partial charge >= 0.3 is 6.09 Å². The summed E-state index contributed by atoms with van der Waals surface area (Å²) >= 11 is 0. The number of nitrogens with one attached hydrogen (secondary N) is 1. The molecule has 0 spiro atoms. The van der Waals surface area contributed by atoms with Crippen molar-refractivity contribution in [3.05, 3.63) is 35.9 Å². The second-order valence-electron chi connectivity index (χ2n) is 5.46. The molecule has 0 saturated heterocycles. The molecule has 1 aliphatic carbocycles. The molecule has 1 aromatic rings. The van der Waals surface area contributed by atoms with Crippen LogP contribution < -0.4 is 5.32 Å². The second-order valence-corrected chi connectivity index (χ2v) is 5.46. The van der Waals surface area contributed by atoms with Gasteiger partial charge in [-0.15, -0.1) is 0 Å². The van der Waals surface area contributed by atoms with Crippen LogP contribution in [0.25, 0.3) is 0 Å². The smallest absolute Gasteiger partial charge is 0.407 e. The maximum atomic E-state index is 11.8. The van der Waals surface area contributed by atoms with Gasteiger partial charge in [-0.25, -0.2) is 4.79 Å². The van der Waals surface area contributed by atoms with E-state index < -0.39 is 6.09 Å². The predicted molar refractivity (Wildman–Crippen MR) is 72.6 cm³/mol.